The average Bonchev–Trinajstić information content (AvgIpc) is 2.35. The number of carboxylic acids is 1. The number of nitrogens with one attached hydrogen (secondary N) is 1. The Hall–Kier alpha value is -1.03. The Morgan fingerprint density at radius 2 is 1.89 bits per heavy atom. The molecule has 2 N–H and O–H groups in total. The molecular weight excluding hydrogens is 294 g/mol. The molecule has 0 aliphatic heterocycles. The molecule has 0 heterocycles. The highest BCUT2D eigenvalue weighted by Gasteiger charge is 2.41. The lowest BCUT2D eigenvalue weighted by Crippen LogP contribution is -2.48. The van der Waals surface area contributed by atoms with Crippen molar-refractivity contribution in [2.45, 2.75) is 38.1 Å². The van der Waals surface area contributed by atoms with Crippen molar-refractivity contribution in [3.05, 3.63) is 28.7 Å². The zero-order valence-electron chi connectivity index (χ0n) is 10.4. The van der Waals surface area contributed by atoms with E-state index in [0.717, 1.165) is 23.0 Å². The minimum Gasteiger partial charge on any atom is -0.480 e. The molecule has 1 fully saturated rings. The van der Waals surface area contributed by atoms with Crippen LogP contribution in [0.1, 0.15) is 32.6 Å². The van der Waals surface area contributed by atoms with Gasteiger partial charge in [0, 0.05) is 10.2 Å². The zero-order chi connectivity index (χ0) is 13.2. The number of benzene rings is 1. The Morgan fingerprint density at radius 3 is 2.39 bits per heavy atom. The Balaban J connectivity index is 2.16. The molecular formula is C14H18BrNO2. The van der Waals surface area contributed by atoms with Crippen molar-refractivity contribution in [1.29, 1.82) is 0 Å². The first-order valence-electron chi connectivity index (χ1n) is 6.29. The Morgan fingerprint density at radius 1 is 1.33 bits per heavy atom. The van der Waals surface area contributed by atoms with E-state index < -0.39 is 11.5 Å². The summed E-state index contributed by atoms with van der Waals surface area (Å²) in [5.41, 5.74) is 0.0792. The fourth-order valence-electron chi connectivity index (χ4n) is 2.46. The summed E-state index contributed by atoms with van der Waals surface area (Å²) < 4.78 is 0.995. The second kappa shape index (κ2) is 5.31. The molecule has 98 valence electrons. The van der Waals surface area contributed by atoms with Gasteiger partial charge in [0.2, 0.25) is 0 Å². The van der Waals surface area contributed by atoms with Gasteiger partial charge in [-0.2, -0.15) is 0 Å². The highest BCUT2D eigenvalue weighted by atomic mass is 79.9. The van der Waals surface area contributed by atoms with Crippen molar-refractivity contribution in [3.8, 4) is 0 Å². The minimum atomic E-state index is -0.791. The molecule has 0 atom stereocenters. The lowest BCUT2D eigenvalue weighted by molar-refractivity contribution is -0.143. The number of hydrogen-bond acceptors (Lipinski definition) is 2. The maximum absolute atomic E-state index is 11.6. The minimum absolute atomic E-state index is 0.629. The van der Waals surface area contributed by atoms with Gasteiger partial charge in [0.15, 0.2) is 0 Å². The standard InChI is InChI=1S/C14H18BrNO2/c1-10-6-8-14(9-7-10,13(17)18)16-12-4-2-11(15)3-5-12/h2-5,10,16H,6-9H2,1H3,(H,17,18). The van der Waals surface area contributed by atoms with E-state index in [2.05, 4.69) is 28.2 Å². The predicted octanol–water partition coefficient (Wildman–Crippen LogP) is 3.89. The van der Waals surface area contributed by atoms with Gasteiger partial charge >= 0.3 is 5.97 Å². The normalized spacial score (nSPS) is 27.8. The lowest BCUT2D eigenvalue weighted by Gasteiger charge is -2.37. The first kappa shape index (κ1) is 13.4. The summed E-state index contributed by atoms with van der Waals surface area (Å²) in [5, 5.41) is 12.7. The van der Waals surface area contributed by atoms with Gasteiger partial charge in [0.05, 0.1) is 0 Å². The van der Waals surface area contributed by atoms with Gasteiger partial charge in [-0.15, -0.1) is 0 Å². The van der Waals surface area contributed by atoms with Crippen molar-refractivity contribution >= 4 is 27.6 Å². The maximum atomic E-state index is 11.6. The zero-order valence-corrected chi connectivity index (χ0v) is 12.0. The first-order valence-corrected chi connectivity index (χ1v) is 7.08. The molecule has 1 aromatic carbocycles. The van der Waals surface area contributed by atoms with E-state index >= 15 is 0 Å². The van der Waals surface area contributed by atoms with Gasteiger partial charge in [-0.3, -0.25) is 0 Å². The smallest absolute Gasteiger partial charge is 0.329 e. The van der Waals surface area contributed by atoms with E-state index in [1.165, 1.54) is 0 Å². The van der Waals surface area contributed by atoms with Crippen LogP contribution >= 0.6 is 15.9 Å². The van der Waals surface area contributed by atoms with Crippen LogP contribution in [0.25, 0.3) is 0 Å². The molecule has 0 spiro atoms. The van der Waals surface area contributed by atoms with Gasteiger partial charge in [-0.05, 0) is 55.9 Å². The first-order chi connectivity index (χ1) is 8.52. The predicted molar refractivity (Wildman–Crippen MR) is 75.8 cm³/mol. The van der Waals surface area contributed by atoms with Crippen LogP contribution in [0, 0.1) is 5.92 Å². The van der Waals surface area contributed by atoms with E-state index in [1.807, 2.05) is 24.3 Å². The van der Waals surface area contributed by atoms with Crippen molar-refractivity contribution in [1.82, 2.24) is 0 Å². The molecule has 4 heteroatoms. The molecule has 1 aliphatic carbocycles. The van der Waals surface area contributed by atoms with E-state index in [1.54, 1.807) is 0 Å². The summed E-state index contributed by atoms with van der Waals surface area (Å²) in [6.07, 6.45) is 3.32. The highest BCUT2D eigenvalue weighted by Crippen LogP contribution is 2.35. The second-order valence-electron chi connectivity index (χ2n) is 5.20. The van der Waals surface area contributed by atoms with Gasteiger partial charge in [0.1, 0.15) is 5.54 Å². The molecule has 1 saturated carbocycles. The molecule has 18 heavy (non-hydrogen) atoms. The van der Waals surface area contributed by atoms with Crippen molar-refractivity contribution in [2.24, 2.45) is 5.92 Å². The quantitative estimate of drug-likeness (QED) is 0.890. The number of halogens is 1. The number of carbonyl (C=O) groups is 1. The summed E-state index contributed by atoms with van der Waals surface area (Å²) in [7, 11) is 0. The molecule has 0 radical (unpaired) electrons. The molecule has 2 rings (SSSR count). The van der Waals surface area contributed by atoms with E-state index in [9.17, 15) is 9.90 Å². The van der Waals surface area contributed by atoms with Crippen LogP contribution in [-0.2, 0) is 4.79 Å². The van der Waals surface area contributed by atoms with Crippen molar-refractivity contribution in [2.75, 3.05) is 5.32 Å². The Labute approximate surface area is 116 Å². The Bertz CT molecular complexity index is 422. The van der Waals surface area contributed by atoms with Gasteiger partial charge in [-0.1, -0.05) is 22.9 Å². The van der Waals surface area contributed by atoms with Gasteiger partial charge in [-0.25, -0.2) is 4.79 Å². The fourth-order valence-corrected chi connectivity index (χ4v) is 2.72. The summed E-state index contributed by atoms with van der Waals surface area (Å²) in [6.45, 7) is 2.19. The summed E-state index contributed by atoms with van der Waals surface area (Å²) in [4.78, 5) is 11.6. The Kier molecular flexibility index (Phi) is 3.95. The van der Waals surface area contributed by atoms with Gasteiger partial charge < -0.3 is 10.4 Å². The van der Waals surface area contributed by atoms with Crippen molar-refractivity contribution < 1.29 is 9.90 Å². The lowest BCUT2D eigenvalue weighted by atomic mass is 9.77. The summed E-state index contributed by atoms with van der Waals surface area (Å²) in [6, 6.07) is 7.66. The monoisotopic (exact) mass is 311 g/mol. The van der Waals surface area contributed by atoms with Crippen LogP contribution in [0.3, 0.4) is 0 Å². The molecule has 1 aliphatic rings. The SMILES string of the molecule is CC1CCC(Nc2ccc(Br)cc2)(C(=O)O)CC1. The molecule has 0 amide bonds. The molecule has 0 bridgehead atoms. The van der Waals surface area contributed by atoms with Crippen LogP contribution in [0.15, 0.2) is 28.7 Å². The number of carboxylic acid groups (broad SMARTS) is 1. The van der Waals surface area contributed by atoms with Crippen LogP contribution in [-0.4, -0.2) is 16.6 Å². The maximum Gasteiger partial charge on any atom is 0.329 e. The molecule has 0 aromatic heterocycles. The molecule has 0 saturated heterocycles. The summed E-state index contributed by atoms with van der Waals surface area (Å²) in [5.74, 6) is -0.110. The average molecular weight is 312 g/mol. The number of hydrogen-bond donors (Lipinski definition) is 2. The summed E-state index contributed by atoms with van der Waals surface area (Å²) >= 11 is 3.38. The third-order valence-corrected chi connectivity index (χ3v) is 4.29. The van der Waals surface area contributed by atoms with Crippen LogP contribution in [0.5, 0.6) is 0 Å². The molecule has 1 aromatic rings. The van der Waals surface area contributed by atoms with E-state index in [0.29, 0.717) is 18.8 Å². The van der Waals surface area contributed by atoms with Crippen LogP contribution in [0.4, 0.5) is 5.69 Å². The largest absolute Gasteiger partial charge is 0.480 e. The third-order valence-electron chi connectivity index (χ3n) is 3.77. The van der Waals surface area contributed by atoms with E-state index in [-0.39, 0.29) is 0 Å². The van der Waals surface area contributed by atoms with Crippen molar-refractivity contribution in [3.63, 3.8) is 0 Å². The number of anilines is 1. The van der Waals surface area contributed by atoms with Crippen LogP contribution < -0.4 is 5.32 Å². The fraction of sp³-hybridized carbons (Fsp3) is 0.500. The number of rotatable bonds is 3. The molecule has 0 unspecified atom stereocenters. The number of aliphatic carboxylic acids is 1. The third kappa shape index (κ3) is 2.86. The van der Waals surface area contributed by atoms with Crippen LogP contribution in [0.2, 0.25) is 0 Å². The molecule has 3 nitrogen and oxygen atoms in total. The van der Waals surface area contributed by atoms with Gasteiger partial charge in [0.25, 0.3) is 0 Å². The highest BCUT2D eigenvalue weighted by molar-refractivity contribution is 9.10. The van der Waals surface area contributed by atoms with E-state index in [4.69, 9.17) is 0 Å². The second-order valence-corrected chi connectivity index (χ2v) is 6.12. The topological polar surface area (TPSA) is 49.3 Å².